The van der Waals surface area contributed by atoms with Gasteiger partial charge in [-0.3, -0.25) is 9.69 Å². The minimum atomic E-state index is -0.691. The number of carboxylic acids is 1. The molecule has 0 aromatic rings. The summed E-state index contributed by atoms with van der Waals surface area (Å²) in [6, 6.07) is 0.789. The van der Waals surface area contributed by atoms with Crippen molar-refractivity contribution in [3.05, 3.63) is 25.3 Å². The zero-order chi connectivity index (χ0) is 20.3. The number of unbranched alkanes of at least 4 members (excludes halogenated alkanes) is 8. The summed E-state index contributed by atoms with van der Waals surface area (Å²) in [6.45, 7) is 12.2. The Morgan fingerprint density at radius 2 is 1.22 bits per heavy atom. The summed E-state index contributed by atoms with van der Waals surface area (Å²) in [6.07, 6.45) is 20.3. The second-order valence-electron chi connectivity index (χ2n) is 7.75. The SMILES string of the molecule is C=CCCCCCCC(CC)N(CC(=O)O)C(CC)CCCCCCC=C. The second-order valence-corrected chi connectivity index (χ2v) is 7.75. The van der Waals surface area contributed by atoms with Crippen molar-refractivity contribution >= 4 is 5.97 Å². The second kappa shape index (κ2) is 18.3. The fourth-order valence-corrected chi connectivity index (χ4v) is 3.97. The van der Waals surface area contributed by atoms with Gasteiger partial charge in [0.1, 0.15) is 0 Å². The minimum Gasteiger partial charge on any atom is -0.480 e. The summed E-state index contributed by atoms with van der Waals surface area (Å²) in [5.74, 6) is -0.691. The van der Waals surface area contributed by atoms with Crippen LogP contribution >= 0.6 is 0 Å². The number of hydrogen-bond acceptors (Lipinski definition) is 2. The molecule has 158 valence electrons. The van der Waals surface area contributed by atoms with E-state index in [1.54, 1.807) is 0 Å². The van der Waals surface area contributed by atoms with E-state index in [4.69, 9.17) is 0 Å². The van der Waals surface area contributed by atoms with Crippen molar-refractivity contribution in [2.24, 2.45) is 0 Å². The van der Waals surface area contributed by atoms with Crippen LogP contribution in [-0.2, 0) is 4.79 Å². The van der Waals surface area contributed by atoms with Gasteiger partial charge in [0.25, 0.3) is 0 Å². The van der Waals surface area contributed by atoms with Crippen LogP contribution in [0.15, 0.2) is 25.3 Å². The van der Waals surface area contributed by atoms with E-state index < -0.39 is 5.97 Å². The third-order valence-corrected chi connectivity index (χ3v) is 5.59. The van der Waals surface area contributed by atoms with Crippen LogP contribution in [0.1, 0.15) is 104 Å². The lowest BCUT2D eigenvalue weighted by molar-refractivity contribution is -0.140. The minimum absolute atomic E-state index is 0.184. The molecule has 0 saturated carbocycles. The standard InChI is InChI=1S/C24H45NO2/c1-5-9-11-13-15-17-19-22(7-3)25(21-24(26)27)23(8-4)20-18-16-14-12-10-6-2/h5-6,22-23H,1-2,7-21H2,3-4H3,(H,26,27). The molecule has 0 aromatic heterocycles. The number of carboxylic acid groups (broad SMARTS) is 1. The molecule has 0 aliphatic carbocycles. The number of aliphatic carboxylic acids is 1. The van der Waals surface area contributed by atoms with Crippen LogP contribution in [0, 0.1) is 0 Å². The Labute approximate surface area is 168 Å². The lowest BCUT2D eigenvalue weighted by Crippen LogP contribution is -2.45. The summed E-state index contributed by atoms with van der Waals surface area (Å²) >= 11 is 0. The lowest BCUT2D eigenvalue weighted by atomic mass is 9.97. The summed E-state index contributed by atoms with van der Waals surface area (Å²) < 4.78 is 0. The Bertz CT molecular complexity index is 353. The first-order valence-electron chi connectivity index (χ1n) is 11.3. The van der Waals surface area contributed by atoms with Crippen molar-refractivity contribution in [3.8, 4) is 0 Å². The summed E-state index contributed by atoms with van der Waals surface area (Å²) in [7, 11) is 0. The Morgan fingerprint density at radius 3 is 1.56 bits per heavy atom. The van der Waals surface area contributed by atoms with Crippen LogP contribution < -0.4 is 0 Å². The average Bonchev–Trinajstić information content (AvgIpc) is 2.65. The van der Waals surface area contributed by atoms with Crippen molar-refractivity contribution in [2.45, 2.75) is 116 Å². The van der Waals surface area contributed by atoms with Gasteiger partial charge >= 0.3 is 5.97 Å². The smallest absolute Gasteiger partial charge is 0.317 e. The Morgan fingerprint density at radius 1 is 0.815 bits per heavy atom. The first-order valence-corrected chi connectivity index (χ1v) is 11.3. The van der Waals surface area contributed by atoms with Crippen molar-refractivity contribution in [3.63, 3.8) is 0 Å². The molecule has 3 nitrogen and oxygen atoms in total. The van der Waals surface area contributed by atoms with E-state index in [9.17, 15) is 9.90 Å². The van der Waals surface area contributed by atoms with Crippen molar-refractivity contribution < 1.29 is 9.90 Å². The molecule has 0 amide bonds. The predicted molar refractivity (Wildman–Crippen MR) is 118 cm³/mol. The lowest BCUT2D eigenvalue weighted by Gasteiger charge is -2.37. The topological polar surface area (TPSA) is 40.5 Å². The highest BCUT2D eigenvalue weighted by Gasteiger charge is 2.25. The predicted octanol–water partition coefficient (Wildman–Crippen LogP) is 6.98. The van der Waals surface area contributed by atoms with Crippen LogP contribution in [0.5, 0.6) is 0 Å². The van der Waals surface area contributed by atoms with Crippen LogP contribution in [0.3, 0.4) is 0 Å². The molecule has 2 atom stereocenters. The molecule has 0 saturated heterocycles. The van der Waals surface area contributed by atoms with Gasteiger partial charge in [0, 0.05) is 12.1 Å². The Balaban J connectivity index is 4.53. The molecule has 1 N–H and O–H groups in total. The van der Waals surface area contributed by atoms with Crippen molar-refractivity contribution in [1.82, 2.24) is 4.90 Å². The van der Waals surface area contributed by atoms with E-state index in [-0.39, 0.29) is 6.54 Å². The monoisotopic (exact) mass is 379 g/mol. The van der Waals surface area contributed by atoms with E-state index in [1.165, 1.54) is 51.4 Å². The number of rotatable bonds is 20. The number of hydrogen-bond donors (Lipinski definition) is 1. The normalized spacial score (nSPS) is 13.4. The molecular formula is C24H45NO2. The Kier molecular flexibility index (Phi) is 17.5. The molecule has 0 heterocycles. The molecule has 0 bridgehead atoms. The molecule has 0 rings (SSSR count). The van der Waals surface area contributed by atoms with Crippen LogP contribution in [0.25, 0.3) is 0 Å². The van der Waals surface area contributed by atoms with E-state index in [0.29, 0.717) is 12.1 Å². The molecule has 0 radical (unpaired) electrons. The molecule has 0 aliphatic rings. The summed E-state index contributed by atoms with van der Waals surface area (Å²) in [4.78, 5) is 13.8. The molecule has 0 aromatic carbocycles. The summed E-state index contributed by atoms with van der Waals surface area (Å²) in [5, 5.41) is 9.45. The van der Waals surface area contributed by atoms with E-state index in [0.717, 1.165) is 38.5 Å². The zero-order valence-electron chi connectivity index (χ0n) is 18.1. The van der Waals surface area contributed by atoms with E-state index in [1.807, 2.05) is 12.2 Å². The molecule has 27 heavy (non-hydrogen) atoms. The first kappa shape index (κ1) is 25.9. The van der Waals surface area contributed by atoms with Crippen LogP contribution in [0.4, 0.5) is 0 Å². The fourth-order valence-electron chi connectivity index (χ4n) is 3.97. The van der Waals surface area contributed by atoms with Gasteiger partial charge in [0.05, 0.1) is 6.54 Å². The van der Waals surface area contributed by atoms with E-state index >= 15 is 0 Å². The third kappa shape index (κ3) is 13.7. The van der Waals surface area contributed by atoms with Crippen LogP contribution in [0.2, 0.25) is 0 Å². The highest BCUT2D eigenvalue weighted by Crippen LogP contribution is 2.22. The molecule has 0 spiro atoms. The van der Waals surface area contributed by atoms with E-state index in [2.05, 4.69) is 31.9 Å². The van der Waals surface area contributed by atoms with Gasteiger partial charge in [-0.1, -0.05) is 64.5 Å². The van der Waals surface area contributed by atoms with Gasteiger partial charge in [-0.25, -0.2) is 0 Å². The molecular weight excluding hydrogens is 334 g/mol. The molecule has 0 fully saturated rings. The molecule has 2 unspecified atom stereocenters. The summed E-state index contributed by atoms with van der Waals surface area (Å²) in [5.41, 5.74) is 0. The maximum atomic E-state index is 11.5. The largest absolute Gasteiger partial charge is 0.480 e. The van der Waals surface area contributed by atoms with Gasteiger partial charge in [-0.05, 0) is 51.4 Å². The van der Waals surface area contributed by atoms with Gasteiger partial charge in [0.2, 0.25) is 0 Å². The first-order chi connectivity index (χ1) is 13.1. The van der Waals surface area contributed by atoms with Gasteiger partial charge in [0.15, 0.2) is 0 Å². The number of nitrogens with zero attached hydrogens (tertiary/aromatic N) is 1. The third-order valence-electron chi connectivity index (χ3n) is 5.59. The molecule has 0 aliphatic heterocycles. The van der Waals surface area contributed by atoms with Crippen molar-refractivity contribution in [2.75, 3.05) is 6.54 Å². The zero-order valence-corrected chi connectivity index (χ0v) is 18.1. The van der Waals surface area contributed by atoms with Gasteiger partial charge in [-0.2, -0.15) is 0 Å². The van der Waals surface area contributed by atoms with Gasteiger partial charge < -0.3 is 5.11 Å². The van der Waals surface area contributed by atoms with Crippen molar-refractivity contribution in [1.29, 1.82) is 0 Å². The maximum absolute atomic E-state index is 11.5. The highest BCUT2D eigenvalue weighted by molar-refractivity contribution is 5.69. The molecule has 3 heteroatoms. The maximum Gasteiger partial charge on any atom is 0.317 e. The number of carbonyl (C=O) groups is 1. The highest BCUT2D eigenvalue weighted by atomic mass is 16.4. The fraction of sp³-hybridized carbons (Fsp3) is 0.792. The average molecular weight is 380 g/mol. The number of allylic oxidation sites excluding steroid dienone is 2. The Hall–Kier alpha value is -1.09. The van der Waals surface area contributed by atoms with Gasteiger partial charge in [-0.15, -0.1) is 13.2 Å². The quantitative estimate of drug-likeness (QED) is 0.183. The van der Waals surface area contributed by atoms with Crippen LogP contribution in [-0.4, -0.2) is 34.6 Å².